The van der Waals surface area contributed by atoms with Crippen molar-refractivity contribution in [3.8, 4) is 5.69 Å². The van der Waals surface area contributed by atoms with E-state index in [4.69, 9.17) is 9.47 Å². The molecule has 1 aliphatic carbocycles. The summed E-state index contributed by atoms with van der Waals surface area (Å²) >= 11 is 0. The van der Waals surface area contributed by atoms with E-state index in [0.717, 1.165) is 25.1 Å². The Morgan fingerprint density at radius 2 is 2.12 bits per heavy atom. The maximum absolute atomic E-state index is 12.5. The first-order chi connectivity index (χ1) is 11.6. The Balaban J connectivity index is 1.46. The average Bonchev–Trinajstić information content (AvgIpc) is 3.14. The van der Waals surface area contributed by atoms with Crippen molar-refractivity contribution in [2.45, 2.75) is 38.9 Å². The van der Waals surface area contributed by atoms with E-state index in [-0.39, 0.29) is 23.6 Å². The fourth-order valence-electron chi connectivity index (χ4n) is 3.99. The molecule has 1 saturated carbocycles. The molecule has 6 nitrogen and oxygen atoms in total. The molecule has 4 rings (SSSR count). The van der Waals surface area contributed by atoms with E-state index in [9.17, 15) is 4.79 Å². The number of nitrogens with zero attached hydrogens (tertiary/aromatic N) is 3. The minimum Gasteiger partial charge on any atom is -0.458 e. The Kier molecular flexibility index (Phi) is 3.64. The van der Waals surface area contributed by atoms with Gasteiger partial charge in [-0.1, -0.05) is 13.8 Å². The Bertz CT molecular complexity index is 724. The van der Waals surface area contributed by atoms with Crippen molar-refractivity contribution >= 4 is 5.97 Å². The smallest absolute Gasteiger partial charge is 0.338 e. The maximum Gasteiger partial charge on any atom is 0.338 e. The van der Waals surface area contributed by atoms with Crippen LogP contribution in [0, 0.1) is 11.3 Å². The lowest BCUT2D eigenvalue weighted by molar-refractivity contribution is -0.243. The van der Waals surface area contributed by atoms with Crippen LogP contribution in [-0.2, 0) is 9.47 Å². The van der Waals surface area contributed by atoms with Crippen molar-refractivity contribution in [1.29, 1.82) is 0 Å². The number of ether oxygens (including phenoxy) is 2. The lowest BCUT2D eigenvalue weighted by Gasteiger charge is -2.58. The van der Waals surface area contributed by atoms with Gasteiger partial charge in [-0.15, -0.1) is 0 Å². The lowest BCUT2D eigenvalue weighted by atomic mass is 9.57. The summed E-state index contributed by atoms with van der Waals surface area (Å²) in [6.07, 6.45) is 5.33. The molecule has 0 radical (unpaired) electrons. The second-order valence-electron chi connectivity index (χ2n) is 7.13. The summed E-state index contributed by atoms with van der Waals surface area (Å²) in [5, 5.41) is 4.07. The maximum atomic E-state index is 12.5. The first-order valence-corrected chi connectivity index (χ1v) is 8.35. The van der Waals surface area contributed by atoms with Crippen molar-refractivity contribution in [3.05, 3.63) is 42.5 Å². The SMILES string of the molecule is CC1(C)[C@@H]2OCCC[C@@H]2[C@@H]1OC(=O)c1ccc(-n2cncn2)cc1. The summed E-state index contributed by atoms with van der Waals surface area (Å²) in [5.74, 6) is 0.0503. The molecule has 0 spiro atoms. The zero-order valence-corrected chi connectivity index (χ0v) is 13.9. The second kappa shape index (κ2) is 5.70. The monoisotopic (exact) mass is 327 g/mol. The van der Waals surface area contributed by atoms with Crippen molar-refractivity contribution in [2.24, 2.45) is 11.3 Å². The predicted octanol–water partition coefficient (Wildman–Crippen LogP) is 2.63. The van der Waals surface area contributed by atoms with Crippen LogP contribution in [0.4, 0.5) is 0 Å². The molecule has 1 aliphatic heterocycles. The highest BCUT2D eigenvalue weighted by atomic mass is 16.6. The summed E-state index contributed by atoms with van der Waals surface area (Å²) in [5.41, 5.74) is 1.28. The van der Waals surface area contributed by atoms with Gasteiger partial charge in [0.2, 0.25) is 0 Å². The molecule has 6 heteroatoms. The van der Waals surface area contributed by atoms with Crippen LogP contribution in [0.1, 0.15) is 37.0 Å². The van der Waals surface area contributed by atoms with E-state index in [1.54, 1.807) is 23.1 Å². The summed E-state index contributed by atoms with van der Waals surface area (Å²) in [6.45, 7) is 5.05. The molecule has 0 N–H and O–H groups in total. The summed E-state index contributed by atoms with van der Waals surface area (Å²) in [4.78, 5) is 16.4. The molecular weight excluding hydrogens is 306 g/mol. The Morgan fingerprint density at radius 3 is 2.83 bits per heavy atom. The quantitative estimate of drug-likeness (QED) is 0.811. The number of hydrogen-bond donors (Lipinski definition) is 0. The van der Waals surface area contributed by atoms with Crippen LogP contribution in [-0.4, -0.2) is 39.5 Å². The van der Waals surface area contributed by atoms with Gasteiger partial charge in [0, 0.05) is 17.9 Å². The van der Waals surface area contributed by atoms with Crippen LogP contribution in [0.15, 0.2) is 36.9 Å². The molecule has 2 aliphatic rings. The van der Waals surface area contributed by atoms with Gasteiger partial charge >= 0.3 is 5.97 Å². The fraction of sp³-hybridized carbons (Fsp3) is 0.500. The van der Waals surface area contributed by atoms with E-state index < -0.39 is 0 Å². The Hall–Kier alpha value is -2.21. The highest BCUT2D eigenvalue weighted by Crippen LogP contribution is 2.53. The van der Waals surface area contributed by atoms with Crippen LogP contribution >= 0.6 is 0 Å². The van der Waals surface area contributed by atoms with Crippen LogP contribution in [0.3, 0.4) is 0 Å². The Labute approximate surface area is 140 Å². The normalized spacial score (nSPS) is 27.8. The number of fused-ring (bicyclic) bond motifs is 1. The summed E-state index contributed by atoms with van der Waals surface area (Å²) in [7, 11) is 0. The van der Waals surface area contributed by atoms with Crippen molar-refractivity contribution < 1.29 is 14.3 Å². The van der Waals surface area contributed by atoms with Crippen molar-refractivity contribution in [1.82, 2.24) is 14.8 Å². The molecule has 2 heterocycles. The molecule has 0 amide bonds. The highest BCUT2D eigenvalue weighted by Gasteiger charge is 2.60. The van der Waals surface area contributed by atoms with Crippen molar-refractivity contribution in [3.63, 3.8) is 0 Å². The number of rotatable bonds is 3. The number of esters is 1. The van der Waals surface area contributed by atoms with Gasteiger partial charge in [-0.3, -0.25) is 0 Å². The fourth-order valence-corrected chi connectivity index (χ4v) is 3.99. The predicted molar refractivity (Wildman–Crippen MR) is 86.8 cm³/mol. The van der Waals surface area contributed by atoms with Crippen LogP contribution < -0.4 is 0 Å². The number of benzene rings is 1. The minimum atomic E-state index is -0.276. The van der Waals surface area contributed by atoms with Gasteiger partial charge in [-0.05, 0) is 37.1 Å². The first-order valence-electron chi connectivity index (χ1n) is 8.35. The molecule has 2 aromatic rings. The lowest BCUT2D eigenvalue weighted by Crippen LogP contribution is -2.65. The third kappa shape index (κ3) is 2.41. The van der Waals surface area contributed by atoms with Gasteiger partial charge in [-0.2, -0.15) is 5.10 Å². The zero-order valence-electron chi connectivity index (χ0n) is 13.9. The largest absolute Gasteiger partial charge is 0.458 e. The van der Waals surface area contributed by atoms with Gasteiger partial charge < -0.3 is 9.47 Å². The topological polar surface area (TPSA) is 66.2 Å². The van der Waals surface area contributed by atoms with Crippen LogP contribution in [0.5, 0.6) is 0 Å². The van der Waals surface area contributed by atoms with Gasteiger partial charge in [0.1, 0.15) is 18.8 Å². The van der Waals surface area contributed by atoms with Crippen molar-refractivity contribution in [2.75, 3.05) is 6.61 Å². The third-order valence-corrected chi connectivity index (χ3v) is 5.24. The molecule has 126 valence electrons. The van der Waals surface area contributed by atoms with E-state index in [0.29, 0.717) is 11.5 Å². The molecule has 0 bridgehead atoms. The highest BCUT2D eigenvalue weighted by molar-refractivity contribution is 5.89. The number of carbonyl (C=O) groups is 1. The third-order valence-electron chi connectivity index (χ3n) is 5.24. The molecule has 0 unspecified atom stereocenters. The van der Waals surface area contributed by atoms with Crippen LogP contribution in [0.2, 0.25) is 0 Å². The summed E-state index contributed by atoms with van der Waals surface area (Å²) < 4.78 is 13.3. The number of aromatic nitrogens is 3. The summed E-state index contributed by atoms with van der Waals surface area (Å²) in [6, 6.07) is 7.20. The van der Waals surface area contributed by atoms with E-state index in [2.05, 4.69) is 23.9 Å². The molecule has 1 aromatic carbocycles. The molecule has 2 fully saturated rings. The minimum absolute atomic E-state index is 0.0784. The van der Waals surface area contributed by atoms with E-state index in [1.165, 1.54) is 6.33 Å². The second-order valence-corrected chi connectivity index (χ2v) is 7.13. The molecule has 1 aromatic heterocycles. The average molecular weight is 327 g/mol. The molecule has 1 saturated heterocycles. The Morgan fingerprint density at radius 1 is 1.33 bits per heavy atom. The standard InChI is InChI=1S/C18H21N3O3/c1-18(2)15-14(4-3-9-23-15)16(18)24-17(22)12-5-7-13(8-6-12)21-11-19-10-20-21/h5-8,10-11,14-16H,3-4,9H2,1-2H3/t14-,15+,16-/m0/s1. The van der Waals surface area contributed by atoms with Crippen LogP contribution in [0.25, 0.3) is 5.69 Å². The van der Waals surface area contributed by atoms with E-state index in [1.807, 2.05) is 12.1 Å². The van der Waals surface area contributed by atoms with E-state index >= 15 is 0 Å². The number of carbonyl (C=O) groups excluding carboxylic acids is 1. The molecular formula is C18H21N3O3. The molecule has 24 heavy (non-hydrogen) atoms. The molecule has 3 atom stereocenters. The number of hydrogen-bond acceptors (Lipinski definition) is 5. The van der Waals surface area contributed by atoms with Gasteiger partial charge in [-0.25, -0.2) is 14.5 Å². The first kappa shape index (κ1) is 15.3. The van der Waals surface area contributed by atoms with Gasteiger partial charge in [0.05, 0.1) is 17.4 Å². The zero-order chi connectivity index (χ0) is 16.7. The van der Waals surface area contributed by atoms with Gasteiger partial charge in [0.25, 0.3) is 0 Å². The van der Waals surface area contributed by atoms with Gasteiger partial charge in [0.15, 0.2) is 0 Å².